The minimum atomic E-state index is -0.116. The summed E-state index contributed by atoms with van der Waals surface area (Å²) in [6, 6.07) is 57.7. The molecule has 54 heavy (non-hydrogen) atoms. The van der Waals surface area contributed by atoms with E-state index in [1.165, 1.54) is 87.6 Å². The second-order valence-electron chi connectivity index (χ2n) is 15.1. The van der Waals surface area contributed by atoms with Gasteiger partial charge in [0.1, 0.15) is 0 Å². The van der Waals surface area contributed by atoms with Crippen molar-refractivity contribution in [2.75, 3.05) is 0 Å². The first-order valence-corrected chi connectivity index (χ1v) is 19.2. The Balaban J connectivity index is 1.13. The number of aromatic nitrogens is 1. The van der Waals surface area contributed by atoms with E-state index < -0.39 is 0 Å². The van der Waals surface area contributed by atoms with Crippen molar-refractivity contribution >= 4 is 60.2 Å². The van der Waals surface area contributed by atoms with Gasteiger partial charge >= 0.3 is 0 Å². The molecule has 8 aromatic carbocycles. The molecule has 4 nitrogen and oxygen atoms in total. The predicted octanol–water partition coefficient (Wildman–Crippen LogP) is 11.6. The maximum Gasteiger partial charge on any atom is 0.0870 e. The summed E-state index contributed by atoms with van der Waals surface area (Å²) in [7, 11) is 0. The van der Waals surface area contributed by atoms with Crippen LogP contribution in [-0.4, -0.2) is 4.57 Å². The largest absolute Gasteiger partial charge is 0.309 e. The molecule has 260 valence electrons. The lowest BCUT2D eigenvalue weighted by atomic mass is 9.84. The van der Waals surface area contributed by atoms with Crippen LogP contribution in [0, 0.1) is 5.92 Å². The van der Waals surface area contributed by atoms with Gasteiger partial charge in [0.2, 0.25) is 0 Å². The highest BCUT2D eigenvalue weighted by Crippen LogP contribution is 2.46. The highest BCUT2D eigenvalue weighted by molar-refractivity contribution is 6.30. The minimum Gasteiger partial charge on any atom is -0.309 e. The van der Waals surface area contributed by atoms with Crippen LogP contribution >= 0.6 is 0 Å². The van der Waals surface area contributed by atoms with Crippen molar-refractivity contribution in [2.45, 2.75) is 31.8 Å². The van der Waals surface area contributed by atoms with E-state index in [2.05, 4.69) is 197 Å². The van der Waals surface area contributed by atoms with Crippen molar-refractivity contribution in [1.29, 1.82) is 0 Å². The van der Waals surface area contributed by atoms with Gasteiger partial charge in [-0.3, -0.25) is 16.0 Å². The van der Waals surface area contributed by atoms with E-state index in [1.807, 2.05) is 0 Å². The number of rotatable bonds is 4. The molecule has 1 saturated heterocycles. The Morgan fingerprint density at radius 1 is 0.519 bits per heavy atom. The molecule has 4 heteroatoms. The number of nitrogens with one attached hydrogen (secondary N) is 3. The topological polar surface area (TPSA) is 41.0 Å². The average Bonchev–Trinajstić information content (AvgIpc) is 3.59. The quantitative estimate of drug-likeness (QED) is 0.160. The van der Waals surface area contributed by atoms with E-state index in [-0.39, 0.29) is 18.5 Å². The molecule has 1 aromatic heterocycles. The zero-order valence-corrected chi connectivity index (χ0v) is 30.1. The van der Waals surface area contributed by atoms with Gasteiger partial charge in [0.25, 0.3) is 0 Å². The van der Waals surface area contributed by atoms with Crippen LogP contribution in [-0.2, 0) is 6.42 Å². The monoisotopic (exact) mass is 696 g/mol. The molecule has 2 aliphatic rings. The molecular formula is C50H40N4. The Morgan fingerprint density at radius 3 is 2.02 bits per heavy atom. The number of benzene rings is 8. The number of fused-ring (bicyclic) bond motifs is 11. The van der Waals surface area contributed by atoms with Crippen LogP contribution < -0.4 is 16.0 Å². The summed E-state index contributed by atoms with van der Waals surface area (Å²) in [6.07, 6.45) is 5.53. The second kappa shape index (κ2) is 12.5. The van der Waals surface area contributed by atoms with E-state index >= 15 is 0 Å². The molecule has 0 saturated carbocycles. The molecule has 11 rings (SSSR count). The summed E-state index contributed by atoms with van der Waals surface area (Å²) in [5, 5.41) is 22.2. The van der Waals surface area contributed by atoms with E-state index in [4.69, 9.17) is 0 Å². The molecule has 0 radical (unpaired) electrons. The molecule has 9 aromatic rings. The van der Waals surface area contributed by atoms with Crippen molar-refractivity contribution in [2.24, 2.45) is 5.92 Å². The van der Waals surface area contributed by atoms with Gasteiger partial charge in [0.15, 0.2) is 0 Å². The number of hydrogen-bond acceptors (Lipinski definition) is 3. The standard InChI is InChI=1S/C50H40N4/c1-31-25-27-39-40-28-26-33-14-6-8-21-38(33)45(40)46-42-22-9-10-24-44(42)54(47(46)43(39)29-31)36-19-11-18-35(30-36)49-51-48(34-15-3-2-4-16-34)52-50(53-49)41-23-12-17-32-13-5-7-20-37(32)41/h2-28,30-31,48-53H,29H2,1H3. The molecule has 4 atom stereocenters. The average molecular weight is 697 g/mol. The lowest BCUT2D eigenvalue weighted by molar-refractivity contribution is 0.204. The fourth-order valence-corrected chi connectivity index (χ4v) is 9.35. The summed E-state index contributed by atoms with van der Waals surface area (Å²) in [5.41, 5.74) is 10.2. The van der Waals surface area contributed by atoms with Gasteiger partial charge in [0, 0.05) is 21.8 Å². The van der Waals surface area contributed by atoms with Gasteiger partial charge in [0.05, 0.1) is 29.5 Å². The molecular weight excluding hydrogens is 657 g/mol. The fourth-order valence-electron chi connectivity index (χ4n) is 9.35. The molecule has 0 spiro atoms. The lowest BCUT2D eigenvalue weighted by Crippen LogP contribution is -2.54. The molecule has 3 N–H and O–H groups in total. The maximum absolute atomic E-state index is 3.98. The van der Waals surface area contributed by atoms with E-state index in [9.17, 15) is 0 Å². The highest BCUT2D eigenvalue weighted by atomic mass is 15.4. The van der Waals surface area contributed by atoms with Gasteiger partial charge in [-0.15, -0.1) is 0 Å². The number of nitrogens with zero attached hydrogens (tertiary/aromatic N) is 1. The third-order valence-electron chi connectivity index (χ3n) is 11.8. The summed E-state index contributed by atoms with van der Waals surface area (Å²) in [6.45, 7) is 2.34. The molecule has 2 heterocycles. The van der Waals surface area contributed by atoms with Crippen molar-refractivity contribution in [3.63, 3.8) is 0 Å². The van der Waals surface area contributed by atoms with Crippen LogP contribution in [0.1, 0.15) is 53.2 Å². The number of para-hydroxylation sites is 1. The van der Waals surface area contributed by atoms with Crippen LogP contribution in [0.15, 0.2) is 164 Å². The number of allylic oxidation sites excluding steroid dienone is 1. The van der Waals surface area contributed by atoms with Gasteiger partial charge in [-0.25, -0.2) is 0 Å². The first-order chi connectivity index (χ1) is 26.7. The zero-order valence-electron chi connectivity index (χ0n) is 30.1. The first kappa shape index (κ1) is 31.5. The Kier molecular flexibility index (Phi) is 7.31. The van der Waals surface area contributed by atoms with Gasteiger partial charge in [-0.05, 0) is 85.3 Å². The maximum atomic E-state index is 3.98. The minimum absolute atomic E-state index is 0.0572. The molecule has 0 amide bonds. The van der Waals surface area contributed by atoms with Crippen molar-refractivity contribution < 1.29 is 0 Å². The fraction of sp³-hybridized carbons (Fsp3) is 0.120. The normalized spacial score (nSPS) is 19.9. The Bertz CT molecular complexity index is 2930. The van der Waals surface area contributed by atoms with Crippen LogP contribution in [0.25, 0.3) is 65.9 Å². The summed E-state index contributed by atoms with van der Waals surface area (Å²) < 4.78 is 2.55. The molecule has 0 bridgehead atoms. The molecule has 1 aliphatic heterocycles. The lowest BCUT2D eigenvalue weighted by Gasteiger charge is -2.40. The highest BCUT2D eigenvalue weighted by Gasteiger charge is 2.31. The van der Waals surface area contributed by atoms with Gasteiger partial charge in [-0.2, -0.15) is 0 Å². The SMILES string of the molecule is CC1C=Cc2c(c3c(c4ccccc4n3-c3cccc(C4NC(c5ccccc5)NC(c5cccc6ccccc56)N4)c3)c3c2ccc2ccccc23)C1. The third-order valence-corrected chi connectivity index (χ3v) is 11.8. The second-order valence-corrected chi connectivity index (χ2v) is 15.1. The van der Waals surface area contributed by atoms with Crippen LogP contribution in [0.3, 0.4) is 0 Å². The molecule has 1 aliphatic carbocycles. The van der Waals surface area contributed by atoms with Crippen molar-refractivity contribution in [3.8, 4) is 5.69 Å². The van der Waals surface area contributed by atoms with Crippen molar-refractivity contribution in [3.05, 3.63) is 192 Å². The van der Waals surface area contributed by atoms with Crippen LogP contribution in [0.5, 0.6) is 0 Å². The Labute approximate surface area is 314 Å². The Morgan fingerprint density at radius 2 is 1.17 bits per heavy atom. The predicted molar refractivity (Wildman–Crippen MR) is 226 cm³/mol. The van der Waals surface area contributed by atoms with Gasteiger partial charge < -0.3 is 4.57 Å². The smallest absolute Gasteiger partial charge is 0.0870 e. The van der Waals surface area contributed by atoms with E-state index in [0.717, 1.165) is 6.42 Å². The van der Waals surface area contributed by atoms with Crippen LogP contribution in [0.2, 0.25) is 0 Å². The molecule has 4 unspecified atom stereocenters. The number of hydrogen-bond donors (Lipinski definition) is 3. The van der Waals surface area contributed by atoms with E-state index in [0.29, 0.717) is 5.92 Å². The summed E-state index contributed by atoms with van der Waals surface area (Å²) >= 11 is 0. The summed E-state index contributed by atoms with van der Waals surface area (Å²) in [4.78, 5) is 0. The first-order valence-electron chi connectivity index (χ1n) is 19.2. The van der Waals surface area contributed by atoms with Crippen LogP contribution in [0.4, 0.5) is 0 Å². The zero-order chi connectivity index (χ0) is 35.8. The van der Waals surface area contributed by atoms with Crippen molar-refractivity contribution in [1.82, 2.24) is 20.5 Å². The Hall–Kier alpha value is -6.04. The summed E-state index contributed by atoms with van der Waals surface area (Å²) in [5.74, 6) is 0.459. The van der Waals surface area contributed by atoms with Gasteiger partial charge in [-0.1, -0.05) is 159 Å². The molecule has 1 fully saturated rings. The van der Waals surface area contributed by atoms with E-state index in [1.54, 1.807) is 0 Å². The third kappa shape index (κ3) is 4.95.